The number of hydrogen-bond acceptors (Lipinski definition) is 4. The van der Waals surface area contributed by atoms with Crippen LogP contribution in [0.1, 0.15) is 11.1 Å². The number of alkyl halides is 3. The molecule has 2 aromatic heterocycles. The first kappa shape index (κ1) is 21.1. The SMILES string of the molecule is O=S(=O)(Nc1ccccc1C(F)(F)F)c1cn(Cc2ccccc2)nc1-c1cccs1. The molecule has 0 aliphatic carbocycles. The van der Waals surface area contributed by atoms with E-state index in [4.69, 9.17) is 0 Å². The van der Waals surface area contributed by atoms with Gasteiger partial charge in [-0.3, -0.25) is 9.40 Å². The quantitative estimate of drug-likeness (QED) is 0.412. The van der Waals surface area contributed by atoms with E-state index in [1.165, 1.54) is 34.3 Å². The molecule has 4 rings (SSSR count). The van der Waals surface area contributed by atoms with Crippen LogP contribution >= 0.6 is 11.3 Å². The zero-order chi connectivity index (χ0) is 22.1. The first-order valence-corrected chi connectivity index (χ1v) is 11.4. The van der Waals surface area contributed by atoms with Gasteiger partial charge in [0.2, 0.25) is 0 Å². The molecule has 0 saturated heterocycles. The Bertz CT molecular complexity index is 1280. The largest absolute Gasteiger partial charge is 0.418 e. The number of benzene rings is 2. The highest BCUT2D eigenvalue weighted by molar-refractivity contribution is 7.92. The average Bonchev–Trinajstić information content (AvgIpc) is 3.38. The molecule has 0 amide bonds. The minimum atomic E-state index is -4.70. The summed E-state index contributed by atoms with van der Waals surface area (Å²) in [6, 6.07) is 17.2. The van der Waals surface area contributed by atoms with Crippen molar-refractivity contribution in [1.29, 1.82) is 0 Å². The van der Waals surface area contributed by atoms with Crippen LogP contribution in [0.2, 0.25) is 0 Å². The summed E-state index contributed by atoms with van der Waals surface area (Å²) in [5.41, 5.74) is -0.513. The average molecular weight is 464 g/mol. The second-order valence-electron chi connectivity index (χ2n) is 6.65. The van der Waals surface area contributed by atoms with E-state index >= 15 is 0 Å². The van der Waals surface area contributed by atoms with Crippen LogP contribution in [0.25, 0.3) is 10.6 Å². The van der Waals surface area contributed by atoms with Crippen molar-refractivity contribution in [2.45, 2.75) is 17.6 Å². The third-order valence-electron chi connectivity index (χ3n) is 4.44. The fourth-order valence-electron chi connectivity index (χ4n) is 3.05. The van der Waals surface area contributed by atoms with E-state index in [-0.39, 0.29) is 10.6 Å². The van der Waals surface area contributed by atoms with Crippen molar-refractivity contribution in [2.24, 2.45) is 0 Å². The van der Waals surface area contributed by atoms with Gasteiger partial charge in [-0.1, -0.05) is 48.5 Å². The highest BCUT2D eigenvalue weighted by Gasteiger charge is 2.35. The third kappa shape index (κ3) is 4.64. The molecular weight excluding hydrogens is 447 g/mol. The molecular formula is C21H16F3N3O2S2. The first-order valence-electron chi connectivity index (χ1n) is 9.08. The lowest BCUT2D eigenvalue weighted by Gasteiger charge is -2.14. The van der Waals surface area contributed by atoms with Crippen molar-refractivity contribution >= 4 is 27.0 Å². The van der Waals surface area contributed by atoms with Gasteiger partial charge in [0.1, 0.15) is 10.6 Å². The number of sulfonamides is 1. The van der Waals surface area contributed by atoms with Crippen molar-refractivity contribution in [3.05, 3.63) is 89.4 Å². The van der Waals surface area contributed by atoms with Gasteiger partial charge in [0, 0.05) is 6.20 Å². The second kappa shape index (κ2) is 8.20. The Kier molecular flexibility index (Phi) is 5.59. The van der Waals surface area contributed by atoms with Crippen molar-refractivity contribution in [3.63, 3.8) is 0 Å². The van der Waals surface area contributed by atoms with E-state index < -0.39 is 27.5 Å². The van der Waals surface area contributed by atoms with E-state index in [1.807, 2.05) is 30.3 Å². The number of thiophene rings is 1. The summed E-state index contributed by atoms with van der Waals surface area (Å²) in [6.07, 6.45) is -3.37. The molecule has 10 heteroatoms. The van der Waals surface area contributed by atoms with Gasteiger partial charge in [0.25, 0.3) is 10.0 Å². The molecule has 31 heavy (non-hydrogen) atoms. The summed E-state index contributed by atoms with van der Waals surface area (Å²) < 4.78 is 69.8. The molecule has 0 unspecified atom stereocenters. The molecule has 0 saturated carbocycles. The molecule has 1 N–H and O–H groups in total. The van der Waals surface area contributed by atoms with Gasteiger partial charge in [-0.25, -0.2) is 8.42 Å². The van der Waals surface area contributed by atoms with E-state index in [9.17, 15) is 21.6 Å². The standard InChI is InChI=1S/C21H16F3N3O2S2/c22-21(23,24)16-9-4-5-10-17(16)26-31(28,29)19-14-27(13-15-7-2-1-3-8-15)25-20(19)18-11-6-12-30-18/h1-12,14,26H,13H2. The fourth-order valence-corrected chi connectivity index (χ4v) is 5.09. The van der Waals surface area contributed by atoms with Gasteiger partial charge >= 0.3 is 6.18 Å². The first-order chi connectivity index (χ1) is 14.7. The minimum Gasteiger partial charge on any atom is -0.279 e. The molecule has 0 radical (unpaired) electrons. The number of halogens is 3. The van der Waals surface area contributed by atoms with Crippen LogP contribution < -0.4 is 4.72 Å². The van der Waals surface area contributed by atoms with Gasteiger partial charge in [-0.05, 0) is 29.1 Å². The Morgan fingerprint density at radius 3 is 2.35 bits per heavy atom. The number of nitrogens with one attached hydrogen (secondary N) is 1. The zero-order valence-electron chi connectivity index (χ0n) is 15.9. The number of hydrogen-bond donors (Lipinski definition) is 1. The monoisotopic (exact) mass is 463 g/mol. The Morgan fingerprint density at radius 2 is 1.68 bits per heavy atom. The van der Waals surface area contributed by atoms with Gasteiger partial charge in [0.15, 0.2) is 0 Å². The van der Waals surface area contributed by atoms with Gasteiger partial charge in [0.05, 0.1) is 22.7 Å². The number of para-hydroxylation sites is 1. The lowest BCUT2D eigenvalue weighted by atomic mass is 10.2. The number of nitrogens with zero attached hydrogens (tertiary/aromatic N) is 2. The number of rotatable bonds is 6. The Balaban J connectivity index is 1.76. The van der Waals surface area contributed by atoms with E-state index in [0.717, 1.165) is 17.7 Å². The number of aromatic nitrogens is 2. The predicted octanol–water partition coefficient (Wildman–Crippen LogP) is 5.48. The zero-order valence-corrected chi connectivity index (χ0v) is 17.5. The molecule has 160 valence electrons. The van der Waals surface area contributed by atoms with Gasteiger partial charge in [-0.2, -0.15) is 18.3 Å². The second-order valence-corrected chi connectivity index (χ2v) is 9.25. The van der Waals surface area contributed by atoms with Crippen LogP contribution in [0.4, 0.5) is 18.9 Å². The van der Waals surface area contributed by atoms with Crippen LogP contribution in [-0.4, -0.2) is 18.2 Å². The van der Waals surface area contributed by atoms with E-state index in [2.05, 4.69) is 9.82 Å². The Hall–Kier alpha value is -3.11. The molecule has 2 heterocycles. The van der Waals surface area contributed by atoms with Crippen LogP contribution in [0.3, 0.4) is 0 Å². The van der Waals surface area contributed by atoms with E-state index in [1.54, 1.807) is 17.5 Å². The van der Waals surface area contributed by atoms with Crippen molar-refractivity contribution < 1.29 is 21.6 Å². The molecule has 0 aliphatic heterocycles. The Morgan fingerprint density at radius 1 is 0.968 bits per heavy atom. The predicted molar refractivity (Wildman–Crippen MR) is 113 cm³/mol. The third-order valence-corrected chi connectivity index (χ3v) is 6.68. The lowest BCUT2D eigenvalue weighted by Crippen LogP contribution is -2.17. The summed E-state index contributed by atoms with van der Waals surface area (Å²) in [4.78, 5) is 0.402. The highest BCUT2D eigenvalue weighted by Crippen LogP contribution is 2.37. The van der Waals surface area contributed by atoms with Crippen LogP contribution in [-0.2, 0) is 22.7 Å². The lowest BCUT2D eigenvalue weighted by molar-refractivity contribution is -0.136. The molecule has 2 aromatic carbocycles. The molecule has 0 fully saturated rings. The maximum atomic E-state index is 13.3. The fraction of sp³-hybridized carbons (Fsp3) is 0.0952. The van der Waals surface area contributed by atoms with E-state index in [0.29, 0.717) is 11.4 Å². The normalized spacial score (nSPS) is 12.1. The molecule has 5 nitrogen and oxygen atoms in total. The maximum absolute atomic E-state index is 13.3. The highest BCUT2D eigenvalue weighted by atomic mass is 32.2. The summed E-state index contributed by atoms with van der Waals surface area (Å²) >= 11 is 1.29. The summed E-state index contributed by atoms with van der Waals surface area (Å²) in [6.45, 7) is 0.313. The van der Waals surface area contributed by atoms with Crippen molar-refractivity contribution in [3.8, 4) is 10.6 Å². The molecule has 0 aliphatic rings. The van der Waals surface area contributed by atoms with Crippen LogP contribution in [0.15, 0.2) is 83.2 Å². The summed E-state index contributed by atoms with van der Waals surface area (Å²) in [5.74, 6) is 0. The minimum absolute atomic E-state index is 0.183. The maximum Gasteiger partial charge on any atom is 0.418 e. The molecule has 0 atom stereocenters. The summed E-state index contributed by atoms with van der Waals surface area (Å²) in [5, 5.41) is 6.18. The molecule has 0 bridgehead atoms. The van der Waals surface area contributed by atoms with Crippen LogP contribution in [0, 0.1) is 0 Å². The van der Waals surface area contributed by atoms with Crippen molar-refractivity contribution in [1.82, 2.24) is 9.78 Å². The van der Waals surface area contributed by atoms with Gasteiger partial charge < -0.3 is 0 Å². The van der Waals surface area contributed by atoms with Gasteiger partial charge in [-0.15, -0.1) is 11.3 Å². The smallest absolute Gasteiger partial charge is 0.279 e. The number of anilines is 1. The molecule has 0 spiro atoms. The topological polar surface area (TPSA) is 64.0 Å². The Labute approximate surface area is 180 Å². The molecule has 4 aromatic rings. The van der Waals surface area contributed by atoms with Crippen molar-refractivity contribution in [2.75, 3.05) is 4.72 Å². The van der Waals surface area contributed by atoms with Crippen LogP contribution in [0.5, 0.6) is 0 Å². The summed E-state index contributed by atoms with van der Waals surface area (Å²) in [7, 11) is -4.35.